The molecule has 1 aromatic heterocycles. The summed E-state index contributed by atoms with van der Waals surface area (Å²) in [6, 6.07) is 5.48. The monoisotopic (exact) mass is 305 g/mol. The average molecular weight is 305 g/mol. The van der Waals surface area contributed by atoms with Gasteiger partial charge in [0.25, 0.3) is 5.91 Å². The third-order valence-electron chi connectivity index (χ3n) is 2.86. The number of nitrogen functional groups attached to an aromatic ring is 1. The minimum Gasteiger partial charge on any atom is -0.482 e. The molecule has 0 bridgehead atoms. The minimum absolute atomic E-state index is 0.0284. The van der Waals surface area contributed by atoms with Crippen LogP contribution in [0.1, 0.15) is 18.4 Å². The smallest absolute Gasteiger partial charge is 0.257 e. The molecular formula is C15H19N3O2S. The topological polar surface area (TPSA) is 77.2 Å². The summed E-state index contributed by atoms with van der Waals surface area (Å²) in [6.07, 6.45) is 0.898. The molecule has 0 saturated heterocycles. The summed E-state index contributed by atoms with van der Waals surface area (Å²) in [7, 11) is 0. The number of aromatic nitrogens is 1. The molecule has 21 heavy (non-hydrogen) atoms. The van der Waals surface area contributed by atoms with Gasteiger partial charge in [0.15, 0.2) is 6.61 Å². The van der Waals surface area contributed by atoms with Crippen LogP contribution in [0.5, 0.6) is 5.75 Å². The number of nitrogens with one attached hydrogen (secondary N) is 1. The molecule has 0 aliphatic rings. The molecule has 0 aliphatic carbocycles. The zero-order chi connectivity index (χ0) is 15.2. The molecule has 0 unspecified atom stereocenters. The second kappa shape index (κ2) is 7.08. The van der Waals surface area contributed by atoms with Crippen LogP contribution in [0.4, 0.5) is 5.69 Å². The van der Waals surface area contributed by atoms with E-state index in [-0.39, 0.29) is 12.5 Å². The fourth-order valence-electron chi connectivity index (χ4n) is 1.79. The number of amides is 1. The molecule has 112 valence electrons. The highest BCUT2D eigenvalue weighted by atomic mass is 32.1. The Morgan fingerprint density at radius 1 is 1.48 bits per heavy atom. The Bertz CT molecular complexity index is 625. The summed E-state index contributed by atoms with van der Waals surface area (Å²) in [6.45, 7) is 4.58. The fraction of sp³-hybridized carbons (Fsp3) is 0.333. The first kappa shape index (κ1) is 15.3. The molecule has 2 rings (SSSR count). The predicted molar refractivity (Wildman–Crippen MR) is 85.5 cm³/mol. The summed E-state index contributed by atoms with van der Waals surface area (Å²) in [5.74, 6) is 0.368. The van der Waals surface area contributed by atoms with Crippen molar-refractivity contribution in [3.05, 3.63) is 28.6 Å². The third kappa shape index (κ3) is 4.19. The van der Waals surface area contributed by atoms with Gasteiger partial charge in [-0.25, -0.2) is 4.98 Å². The molecular weight excluding hydrogens is 286 g/mol. The number of hydrogen-bond donors (Lipinski definition) is 2. The quantitative estimate of drug-likeness (QED) is 0.804. The molecule has 6 heteroatoms. The number of nitrogens with zero attached hydrogens (tertiary/aromatic N) is 1. The SMILES string of the molecule is CCCNC(=O)COc1ccc(-c2csc(C)n2)cc1N. The van der Waals surface area contributed by atoms with Gasteiger partial charge in [-0.3, -0.25) is 4.79 Å². The van der Waals surface area contributed by atoms with E-state index in [2.05, 4.69) is 10.3 Å². The summed E-state index contributed by atoms with van der Waals surface area (Å²) in [5, 5.41) is 5.75. The lowest BCUT2D eigenvalue weighted by Gasteiger charge is -2.10. The standard InChI is InChI=1S/C15H19N3O2S/c1-3-6-17-15(19)8-20-14-5-4-11(7-12(14)16)13-9-21-10(2)18-13/h4-5,7,9H,3,6,8,16H2,1-2H3,(H,17,19). The number of ether oxygens (including phenoxy) is 1. The predicted octanol–water partition coefficient (Wildman–Crippen LogP) is 2.61. The zero-order valence-electron chi connectivity index (χ0n) is 12.2. The van der Waals surface area contributed by atoms with Gasteiger partial charge in [0.1, 0.15) is 5.75 Å². The van der Waals surface area contributed by atoms with Gasteiger partial charge in [-0.2, -0.15) is 0 Å². The Labute approximate surface area is 128 Å². The number of benzene rings is 1. The summed E-state index contributed by atoms with van der Waals surface area (Å²) < 4.78 is 5.44. The van der Waals surface area contributed by atoms with Crippen LogP contribution in [-0.2, 0) is 4.79 Å². The fourth-order valence-corrected chi connectivity index (χ4v) is 2.42. The van der Waals surface area contributed by atoms with Crippen LogP contribution in [0.15, 0.2) is 23.6 Å². The molecule has 0 saturated carbocycles. The largest absolute Gasteiger partial charge is 0.482 e. The molecule has 0 radical (unpaired) electrons. The maximum absolute atomic E-state index is 11.5. The Balaban J connectivity index is 2.01. The van der Waals surface area contributed by atoms with Crippen molar-refractivity contribution in [3.63, 3.8) is 0 Å². The average Bonchev–Trinajstić information content (AvgIpc) is 2.90. The highest BCUT2D eigenvalue weighted by Crippen LogP contribution is 2.29. The van der Waals surface area contributed by atoms with E-state index >= 15 is 0 Å². The lowest BCUT2D eigenvalue weighted by molar-refractivity contribution is -0.123. The van der Waals surface area contributed by atoms with Crippen LogP contribution in [-0.4, -0.2) is 24.0 Å². The van der Waals surface area contributed by atoms with Gasteiger partial charge in [-0.1, -0.05) is 6.92 Å². The lowest BCUT2D eigenvalue weighted by Crippen LogP contribution is -2.29. The molecule has 1 amide bonds. The highest BCUT2D eigenvalue weighted by molar-refractivity contribution is 7.09. The number of thiazole rings is 1. The number of carbonyl (C=O) groups is 1. The van der Waals surface area contributed by atoms with Crippen LogP contribution in [0.25, 0.3) is 11.3 Å². The van der Waals surface area contributed by atoms with E-state index in [9.17, 15) is 4.79 Å². The number of rotatable bonds is 6. The molecule has 3 N–H and O–H groups in total. The number of hydrogen-bond acceptors (Lipinski definition) is 5. The van der Waals surface area contributed by atoms with E-state index in [1.807, 2.05) is 31.4 Å². The first-order valence-electron chi connectivity index (χ1n) is 6.81. The molecule has 0 aliphatic heterocycles. The Morgan fingerprint density at radius 2 is 2.29 bits per heavy atom. The van der Waals surface area contributed by atoms with Gasteiger partial charge in [0.2, 0.25) is 0 Å². The van der Waals surface area contributed by atoms with Crippen molar-refractivity contribution in [2.75, 3.05) is 18.9 Å². The molecule has 5 nitrogen and oxygen atoms in total. The zero-order valence-corrected chi connectivity index (χ0v) is 13.0. The summed E-state index contributed by atoms with van der Waals surface area (Å²) in [4.78, 5) is 15.9. The van der Waals surface area contributed by atoms with Crippen molar-refractivity contribution in [3.8, 4) is 17.0 Å². The molecule has 2 aromatic rings. The highest BCUT2D eigenvalue weighted by Gasteiger charge is 2.08. The second-order valence-electron chi connectivity index (χ2n) is 4.64. The second-order valence-corrected chi connectivity index (χ2v) is 5.71. The van der Waals surface area contributed by atoms with Gasteiger partial charge >= 0.3 is 0 Å². The van der Waals surface area contributed by atoms with Crippen LogP contribution in [0.2, 0.25) is 0 Å². The van der Waals surface area contributed by atoms with E-state index in [0.29, 0.717) is 18.0 Å². The van der Waals surface area contributed by atoms with Crippen molar-refractivity contribution in [2.24, 2.45) is 0 Å². The minimum atomic E-state index is -0.143. The van der Waals surface area contributed by atoms with Crippen molar-refractivity contribution in [2.45, 2.75) is 20.3 Å². The molecule has 0 fully saturated rings. The van der Waals surface area contributed by atoms with Crippen LogP contribution < -0.4 is 15.8 Å². The number of aryl methyl sites for hydroxylation is 1. The maximum atomic E-state index is 11.5. The van der Waals surface area contributed by atoms with Gasteiger partial charge < -0.3 is 15.8 Å². The van der Waals surface area contributed by atoms with Gasteiger partial charge in [-0.05, 0) is 31.5 Å². The molecule has 0 spiro atoms. The van der Waals surface area contributed by atoms with Crippen LogP contribution in [0.3, 0.4) is 0 Å². The number of carbonyl (C=O) groups excluding carboxylic acids is 1. The van der Waals surface area contributed by atoms with Crippen molar-refractivity contribution in [1.82, 2.24) is 10.3 Å². The van der Waals surface area contributed by atoms with E-state index in [0.717, 1.165) is 22.7 Å². The normalized spacial score (nSPS) is 10.4. The van der Waals surface area contributed by atoms with Gasteiger partial charge in [-0.15, -0.1) is 11.3 Å². The van der Waals surface area contributed by atoms with E-state index in [1.54, 1.807) is 17.4 Å². The Kier molecular flexibility index (Phi) is 5.16. The van der Waals surface area contributed by atoms with Crippen molar-refractivity contribution >= 4 is 22.9 Å². The van der Waals surface area contributed by atoms with Crippen molar-refractivity contribution < 1.29 is 9.53 Å². The number of nitrogens with two attached hydrogens (primary N) is 1. The van der Waals surface area contributed by atoms with Crippen molar-refractivity contribution in [1.29, 1.82) is 0 Å². The Morgan fingerprint density at radius 3 is 2.90 bits per heavy atom. The van der Waals surface area contributed by atoms with Gasteiger partial charge in [0, 0.05) is 17.5 Å². The lowest BCUT2D eigenvalue weighted by atomic mass is 10.1. The van der Waals surface area contributed by atoms with Crippen LogP contribution in [0, 0.1) is 6.92 Å². The van der Waals surface area contributed by atoms with Crippen LogP contribution >= 0.6 is 11.3 Å². The summed E-state index contributed by atoms with van der Waals surface area (Å²) >= 11 is 1.59. The first-order chi connectivity index (χ1) is 10.1. The number of anilines is 1. The van der Waals surface area contributed by atoms with Gasteiger partial charge in [0.05, 0.1) is 16.4 Å². The molecule has 1 aromatic carbocycles. The Hall–Kier alpha value is -2.08. The van der Waals surface area contributed by atoms with E-state index in [1.165, 1.54) is 0 Å². The third-order valence-corrected chi connectivity index (χ3v) is 3.63. The van der Waals surface area contributed by atoms with E-state index < -0.39 is 0 Å². The molecule has 1 heterocycles. The molecule has 0 atom stereocenters. The summed E-state index contributed by atoms with van der Waals surface area (Å²) in [5.41, 5.74) is 8.32. The first-order valence-corrected chi connectivity index (χ1v) is 7.69. The van der Waals surface area contributed by atoms with E-state index in [4.69, 9.17) is 10.5 Å². The maximum Gasteiger partial charge on any atom is 0.257 e.